The standard InChI is InChI=1S/C13H21N3OS/c1-8(2)13-15-11(7-12(17)16-13)14-9-4-5-10(6-9)18-3/h7-10H,4-6H2,1-3H3,(H2,14,15,16,17). The third-order valence-electron chi connectivity index (χ3n) is 3.38. The van der Waals surface area contributed by atoms with Gasteiger partial charge in [-0.3, -0.25) is 4.79 Å². The van der Waals surface area contributed by atoms with Crippen LogP contribution in [-0.2, 0) is 0 Å². The first-order valence-corrected chi connectivity index (χ1v) is 7.78. The van der Waals surface area contributed by atoms with Gasteiger partial charge in [-0.05, 0) is 25.5 Å². The number of rotatable bonds is 4. The van der Waals surface area contributed by atoms with Gasteiger partial charge in [0.15, 0.2) is 0 Å². The quantitative estimate of drug-likeness (QED) is 0.880. The molecule has 18 heavy (non-hydrogen) atoms. The molecular formula is C13H21N3OS. The van der Waals surface area contributed by atoms with E-state index in [0.29, 0.717) is 11.9 Å². The second-order valence-electron chi connectivity index (χ2n) is 5.18. The average molecular weight is 267 g/mol. The van der Waals surface area contributed by atoms with Crippen molar-refractivity contribution in [3.63, 3.8) is 0 Å². The fourth-order valence-electron chi connectivity index (χ4n) is 2.32. The molecular weight excluding hydrogens is 246 g/mol. The molecule has 1 aliphatic carbocycles. The van der Waals surface area contributed by atoms with Gasteiger partial charge in [-0.1, -0.05) is 13.8 Å². The highest BCUT2D eigenvalue weighted by Crippen LogP contribution is 2.29. The van der Waals surface area contributed by atoms with E-state index in [0.717, 1.165) is 23.9 Å². The maximum Gasteiger partial charge on any atom is 0.252 e. The summed E-state index contributed by atoms with van der Waals surface area (Å²) in [6.07, 6.45) is 5.73. The molecule has 1 heterocycles. The highest BCUT2D eigenvalue weighted by molar-refractivity contribution is 7.99. The van der Waals surface area contributed by atoms with Crippen molar-refractivity contribution in [2.24, 2.45) is 0 Å². The third-order valence-corrected chi connectivity index (χ3v) is 4.47. The molecule has 0 saturated heterocycles. The summed E-state index contributed by atoms with van der Waals surface area (Å²) in [6.45, 7) is 4.06. The molecule has 2 N–H and O–H groups in total. The summed E-state index contributed by atoms with van der Waals surface area (Å²) in [4.78, 5) is 18.8. The van der Waals surface area contributed by atoms with Crippen molar-refractivity contribution in [1.82, 2.24) is 9.97 Å². The third kappa shape index (κ3) is 3.28. The lowest BCUT2D eigenvalue weighted by Gasteiger charge is -2.14. The van der Waals surface area contributed by atoms with Crippen molar-refractivity contribution in [2.45, 2.75) is 50.3 Å². The lowest BCUT2D eigenvalue weighted by Crippen LogP contribution is -2.20. The summed E-state index contributed by atoms with van der Waals surface area (Å²) in [6, 6.07) is 2.01. The van der Waals surface area contributed by atoms with Crippen LogP contribution in [0.1, 0.15) is 44.9 Å². The maximum atomic E-state index is 11.6. The first kappa shape index (κ1) is 13.5. The molecule has 5 heteroatoms. The van der Waals surface area contributed by atoms with Crippen molar-refractivity contribution in [1.29, 1.82) is 0 Å². The topological polar surface area (TPSA) is 57.8 Å². The van der Waals surface area contributed by atoms with Crippen molar-refractivity contribution >= 4 is 17.6 Å². The Hall–Kier alpha value is -0.970. The van der Waals surface area contributed by atoms with E-state index in [9.17, 15) is 4.79 Å². The van der Waals surface area contributed by atoms with Crippen molar-refractivity contribution in [2.75, 3.05) is 11.6 Å². The molecule has 0 amide bonds. The second-order valence-corrected chi connectivity index (χ2v) is 6.32. The first-order chi connectivity index (χ1) is 8.58. The number of aromatic amines is 1. The number of nitrogens with zero attached hydrogens (tertiary/aromatic N) is 1. The Morgan fingerprint density at radius 3 is 2.89 bits per heavy atom. The van der Waals surface area contributed by atoms with Crippen LogP contribution in [0.4, 0.5) is 5.82 Å². The summed E-state index contributed by atoms with van der Waals surface area (Å²) in [7, 11) is 0. The smallest absolute Gasteiger partial charge is 0.252 e. The van der Waals surface area contributed by atoms with Crippen LogP contribution in [0.3, 0.4) is 0 Å². The predicted octanol–water partition coefficient (Wildman–Crippen LogP) is 2.59. The summed E-state index contributed by atoms with van der Waals surface area (Å²) in [5, 5.41) is 4.14. The lowest BCUT2D eigenvalue weighted by molar-refractivity contribution is 0.732. The van der Waals surface area contributed by atoms with Gasteiger partial charge >= 0.3 is 0 Å². The van der Waals surface area contributed by atoms with E-state index < -0.39 is 0 Å². The fraction of sp³-hybridized carbons (Fsp3) is 0.692. The van der Waals surface area contributed by atoms with Gasteiger partial charge in [0.2, 0.25) is 0 Å². The Bertz CT molecular complexity index is 458. The molecule has 1 aromatic rings. The molecule has 1 aliphatic rings. The van der Waals surface area contributed by atoms with E-state index in [4.69, 9.17) is 0 Å². The van der Waals surface area contributed by atoms with E-state index >= 15 is 0 Å². The average Bonchev–Trinajstić information content (AvgIpc) is 2.76. The fourth-order valence-corrected chi connectivity index (χ4v) is 3.11. The number of anilines is 1. The van der Waals surface area contributed by atoms with Gasteiger partial charge in [-0.2, -0.15) is 11.8 Å². The summed E-state index contributed by atoms with van der Waals surface area (Å²) < 4.78 is 0. The van der Waals surface area contributed by atoms with Gasteiger partial charge in [0.1, 0.15) is 11.6 Å². The van der Waals surface area contributed by atoms with E-state index in [1.54, 1.807) is 6.07 Å². The largest absolute Gasteiger partial charge is 0.367 e. The molecule has 2 atom stereocenters. The SMILES string of the molecule is CSC1CCC(Nc2cc(=O)[nH]c(C(C)C)n2)C1. The molecule has 100 valence electrons. The second kappa shape index (κ2) is 5.78. The van der Waals surface area contributed by atoms with Gasteiger partial charge in [-0.25, -0.2) is 4.98 Å². The number of hydrogen-bond acceptors (Lipinski definition) is 4. The van der Waals surface area contributed by atoms with Crippen LogP contribution >= 0.6 is 11.8 Å². The first-order valence-electron chi connectivity index (χ1n) is 6.49. The number of thioether (sulfide) groups is 1. The summed E-state index contributed by atoms with van der Waals surface area (Å²) >= 11 is 1.93. The zero-order chi connectivity index (χ0) is 13.1. The molecule has 1 aromatic heterocycles. The van der Waals surface area contributed by atoms with Crippen LogP contribution in [0.25, 0.3) is 0 Å². The van der Waals surface area contributed by atoms with Crippen LogP contribution in [0.2, 0.25) is 0 Å². The predicted molar refractivity (Wildman–Crippen MR) is 77.5 cm³/mol. The van der Waals surface area contributed by atoms with Gasteiger partial charge in [-0.15, -0.1) is 0 Å². The molecule has 1 saturated carbocycles. The zero-order valence-corrected chi connectivity index (χ0v) is 12.0. The summed E-state index contributed by atoms with van der Waals surface area (Å²) in [5.41, 5.74) is -0.0735. The van der Waals surface area contributed by atoms with Crippen molar-refractivity contribution in [3.8, 4) is 0 Å². The Balaban J connectivity index is 2.07. The number of aromatic nitrogens is 2. The van der Waals surface area contributed by atoms with Crippen LogP contribution in [0.15, 0.2) is 10.9 Å². The van der Waals surface area contributed by atoms with Crippen LogP contribution in [-0.4, -0.2) is 27.5 Å². The molecule has 2 unspecified atom stereocenters. The molecule has 0 aliphatic heterocycles. The minimum absolute atomic E-state index is 0.0735. The molecule has 2 rings (SSSR count). The lowest BCUT2D eigenvalue weighted by atomic mass is 10.2. The molecule has 0 spiro atoms. The van der Waals surface area contributed by atoms with Gasteiger partial charge in [0.25, 0.3) is 5.56 Å². The van der Waals surface area contributed by atoms with E-state index in [2.05, 4.69) is 21.5 Å². The molecule has 0 aromatic carbocycles. The minimum atomic E-state index is -0.0735. The normalized spacial score (nSPS) is 23.6. The number of nitrogens with one attached hydrogen (secondary N) is 2. The molecule has 0 bridgehead atoms. The minimum Gasteiger partial charge on any atom is -0.367 e. The van der Waals surface area contributed by atoms with E-state index in [1.165, 1.54) is 6.42 Å². The van der Waals surface area contributed by atoms with Crippen LogP contribution in [0.5, 0.6) is 0 Å². The van der Waals surface area contributed by atoms with Crippen LogP contribution in [0, 0.1) is 0 Å². The Morgan fingerprint density at radius 1 is 1.50 bits per heavy atom. The van der Waals surface area contributed by atoms with Gasteiger partial charge < -0.3 is 10.3 Å². The Kier molecular flexibility index (Phi) is 4.32. The van der Waals surface area contributed by atoms with E-state index in [1.807, 2.05) is 25.6 Å². The monoisotopic (exact) mass is 267 g/mol. The maximum absolute atomic E-state index is 11.6. The Morgan fingerprint density at radius 2 is 2.28 bits per heavy atom. The van der Waals surface area contributed by atoms with Crippen molar-refractivity contribution in [3.05, 3.63) is 22.2 Å². The highest BCUT2D eigenvalue weighted by Gasteiger charge is 2.24. The molecule has 4 nitrogen and oxygen atoms in total. The Labute approximate surface area is 112 Å². The van der Waals surface area contributed by atoms with Crippen molar-refractivity contribution < 1.29 is 0 Å². The van der Waals surface area contributed by atoms with Gasteiger partial charge in [0, 0.05) is 23.3 Å². The summed E-state index contributed by atoms with van der Waals surface area (Å²) in [5.74, 6) is 1.71. The number of hydrogen-bond donors (Lipinski definition) is 2. The highest BCUT2D eigenvalue weighted by atomic mass is 32.2. The molecule has 0 radical (unpaired) electrons. The van der Waals surface area contributed by atoms with E-state index in [-0.39, 0.29) is 11.5 Å². The zero-order valence-electron chi connectivity index (χ0n) is 11.2. The number of H-pyrrole nitrogens is 1. The molecule has 1 fully saturated rings. The van der Waals surface area contributed by atoms with Gasteiger partial charge in [0.05, 0.1) is 0 Å². The van der Waals surface area contributed by atoms with Crippen LogP contribution < -0.4 is 10.9 Å².